The molecule has 1 aliphatic heterocycles. The number of H-pyrrole nitrogens is 1. The number of anilines is 1. The standard InChI is InChI=1S/C24H22F3N5O2/c1-4-8-32-14(3)28-13(2)22(32)19-5-6-20(30-19)24(34)31-9-7-15(12-31)23(33)29-16-10-17(25)21(27)18(26)11-16/h1,5-6,10-11,15,30H,7-9,12H2,2-3H3,(H,29,33). The lowest BCUT2D eigenvalue weighted by Crippen LogP contribution is -2.31. The number of hydrogen-bond acceptors (Lipinski definition) is 3. The first kappa shape index (κ1) is 23.2. The first-order valence-electron chi connectivity index (χ1n) is 10.6. The van der Waals surface area contributed by atoms with E-state index >= 15 is 0 Å². The van der Waals surface area contributed by atoms with Crippen LogP contribution in [0.25, 0.3) is 11.4 Å². The van der Waals surface area contributed by atoms with E-state index < -0.39 is 29.3 Å². The second-order valence-electron chi connectivity index (χ2n) is 8.15. The number of imidazole rings is 1. The molecule has 1 aromatic carbocycles. The molecule has 0 aliphatic carbocycles. The monoisotopic (exact) mass is 469 g/mol. The van der Waals surface area contributed by atoms with Gasteiger partial charge in [-0.1, -0.05) is 5.92 Å². The predicted octanol–water partition coefficient (Wildman–Crippen LogP) is 3.65. The number of amides is 2. The summed E-state index contributed by atoms with van der Waals surface area (Å²) in [6, 6.07) is 4.87. The van der Waals surface area contributed by atoms with Gasteiger partial charge < -0.3 is 19.8 Å². The van der Waals surface area contributed by atoms with Gasteiger partial charge in [0.25, 0.3) is 5.91 Å². The summed E-state index contributed by atoms with van der Waals surface area (Å²) in [6.07, 6.45) is 5.85. The third kappa shape index (κ3) is 4.29. The van der Waals surface area contributed by atoms with E-state index in [1.807, 2.05) is 18.4 Å². The zero-order valence-corrected chi connectivity index (χ0v) is 18.6. The van der Waals surface area contributed by atoms with Gasteiger partial charge in [-0.15, -0.1) is 6.42 Å². The molecule has 1 aliphatic rings. The molecule has 2 N–H and O–H groups in total. The van der Waals surface area contributed by atoms with Gasteiger partial charge in [0.1, 0.15) is 11.5 Å². The van der Waals surface area contributed by atoms with Crippen LogP contribution in [0.5, 0.6) is 0 Å². The molecule has 2 amide bonds. The highest BCUT2D eigenvalue weighted by Gasteiger charge is 2.32. The number of aromatic amines is 1. The topological polar surface area (TPSA) is 83.0 Å². The summed E-state index contributed by atoms with van der Waals surface area (Å²) in [6.45, 7) is 4.53. The molecule has 176 valence electrons. The van der Waals surface area contributed by atoms with Gasteiger partial charge in [0.05, 0.1) is 29.5 Å². The lowest BCUT2D eigenvalue weighted by molar-refractivity contribution is -0.119. The summed E-state index contributed by atoms with van der Waals surface area (Å²) >= 11 is 0. The van der Waals surface area contributed by atoms with E-state index in [2.05, 4.69) is 21.2 Å². The highest BCUT2D eigenvalue weighted by Crippen LogP contribution is 2.26. The minimum absolute atomic E-state index is 0.137. The van der Waals surface area contributed by atoms with Gasteiger partial charge in [-0.3, -0.25) is 9.59 Å². The predicted molar refractivity (Wildman–Crippen MR) is 119 cm³/mol. The number of terminal acetylenes is 1. The molecule has 10 heteroatoms. The zero-order valence-electron chi connectivity index (χ0n) is 18.6. The summed E-state index contributed by atoms with van der Waals surface area (Å²) in [5.74, 6) is -2.38. The van der Waals surface area contributed by atoms with Crippen molar-refractivity contribution in [2.24, 2.45) is 5.92 Å². The summed E-state index contributed by atoms with van der Waals surface area (Å²) in [7, 11) is 0. The number of aromatic nitrogens is 3. The van der Waals surface area contributed by atoms with E-state index in [0.717, 1.165) is 17.2 Å². The fourth-order valence-electron chi connectivity index (χ4n) is 4.20. The van der Waals surface area contributed by atoms with E-state index in [4.69, 9.17) is 6.42 Å². The number of nitrogens with one attached hydrogen (secondary N) is 2. The minimum Gasteiger partial charge on any atom is -0.349 e. The zero-order chi connectivity index (χ0) is 24.6. The van der Waals surface area contributed by atoms with Crippen LogP contribution in [0, 0.1) is 49.6 Å². The Balaban J connectivity index is 1.45. The molecule has 0 bridgehead atoms. The van der Waals surface area contributed by atoms with Crippen molar-refractivity contribution in [1.29, 1.82) is 0 Å². The van der Waals surface area contributed by atoms with Crippen molar-refractivity contribution in [3.05, 3.63) is 58.9 Å². The highest BCUT2D eigenvalue weighted by molar-refractivity contribution is 5.96. The Morgan fingerprint density at radius 2 is 1.94 bits per heavy atom. The fraction of sp³-hybridized carbons (Fsp3) is 0.292. The van der Waals surface area contributed by atoms with Crippen LogP contribution in [0.2, 0.25) is 0 Å². The van der Waals surface area contributed by atoms with Gasteiger partial charge in [0, 0.05) is 30.9 Å². The normalized spacial score (nSPS) is 15.4. The second kappa shape index (κ2) is 9.09. The van der Waals surface area contributed by atoms with Crippen LogP contribution < -0.4 is 5.32 Å². The number of likely N-dealkylation sites (tertiary alicyclic amines) is 1. The Morgan fingerprint density at radius 3 is 2.62 bits per heavy atom. The summed E-state index contributed by atoms with van der Waals surface area (Å²) < 4.78 is 41.8. The molecule has 1 fully saturated rings. The Morgan fingerprint density at radius 1 is 1.24 bits per heavy atom. The molecule has 1 atom stereocenters. The third-order valence-electron chi connectivity index (χ3n) is 5.85. The largest absolute Gasteiger partial charge is 0.349 e. The molecule has 0 saturated carbocycles. The second-order valence-corrected chi connectivity index (χ2v) is 8.15. The molecule has 0 spiro atoms. The quantitative estimate of drug-likeness (QED) is 0.442. The van der Waals surface area contributed by atoms with Crippen molar-refractivity contribution in [2.75, 3.05) is 18.4 Å². The maximum Gasteiger partial charge on any atom is 0.270 e. The average Bonchev–Trinajstić information content (AvgIpc) is 3.51. The Hall–Kier alpha value is -4.00. The van der Waals surface area contributed by atoms with Crippen molar-refractivity contribution in [3.8, 4) is 23.7 Å². The minimum atomic E-state index is -1.60. The lowest BCUT2D eigenvalue weighted by Gasteiger charge is -2.16. The van der Waals surface area contributed by atoms with Gasteiger partial charge in [0.2, 0.25) is 5.91 Å². The molecular formula is C24H22F3N5O2. The van der Waals surface area contributed by atoms with Crippen LogP contribution in [0.15, 0.2) is 24.3 Å². The number of halogens is 3. The molecule has 4 rings (SSSR count). The van der Waals surface area contributed by atoms with Crippen molar-refractivity contribution >= 4 is 17.5 Å². The number of rotatable bonds is 5. The number of hydrogen-bond donors (Lipinski definition) is 2. The first-order valence-corrected chi connectivity index (χ1v) is 10.6. The summed E-state index contributed by atoms with van der Waals surface area (Å²) in [5.41, 5.74) is 2.44. The number of carbonyl (C=O) groups excluding carboxylic acids is 2. The summed E-state index contributed by atoms with van der Waals surface area (Å²) in [5, 5.41) is 2.39. The Labute approximate surface area is 194 Å². The van der Waals surface area contributed by atoms with Gasteiger partial charge in [-0.05, 0) is 32.4 Å². The van der Waals surface area contributed by atoms with E-state index in [9.17, 15) is 22.8 Å². The molecule has 0 radical (unpaired) electrons. The number of aryl methyl sites for hydroxylation is 2. The number of nitrogens with zero attached hydrogens (tertiary/aromatic N) is 3. The van der Waals surface area contributed by atoms with Crippen LogP contribution in [0.1, 0.15) is 28.4 Å². The molecule has 1 unspecified atom stereocenters. The van der Waals surface area contributed by atoms with E-state index in [0.29, 0.717) is 43.0 Å². The number of carbonyl (C=O) groups is 2. The van der Waals surface area contributed by atoms with Crippen molar-refractivity contribution in [1.82, 2.24) is 19.4 Å². The first-order chi connectivity index (χ1) is 16.2. The third-order valence-corrected chi connectivity index (χ3v) is 5.85. The smallest absolute Gasteiger partial charge is 0.270 e. The van der Waals surface area contributed by atoms with Gasteiger partial charge in [-0.25, -0.2) is 18.2 Å². The molecule has 2 aromatic heterocycles. The van der Waals surface area contributed by atoms with Gasteiger partial charge in [-0.2, -0.15) is 0 Å². The van der Waals surface area contributed by atoms with E-state index in [1.165, 1.54) is 4.90 Å². The van der Waals surface area contributed by atoms with Crippen molar-refractivity contribution in [2.45, 2.75) is 26.8 Å². The van der Waals surface area contributed by atoms with Gasteiger partial charge >= 0.3 is 0 Å². The molecular weight excluding hydrogens is 447 g/mol. The SMILES string of the molecule is C#CCn1c(C)nc(C)c1-c1ccc(C(=O)N2CCC(C(=O)Nc3cc(F)c(F)c(F)c3)C2)[nH]1. The maximum absolute atomic E-state index is 13.4. The number of benzene rings is 1. The van der Waals surface area contributed by atoms with Crippen molar-refractivity contribution < 1.29 is 22.8 Å². The van der Waals surface area contributed by atoms with Crippen LogP contribution in [-0.4, -0.2) is 44.3 Å². The van der Waals surface area contributed by atoms with Crippen LogP contribution in [-0.2, 0) is 11.3 Å². The van der Waals surface area contributed by atoms with E-state index in [1.54, 1.807) is 12.1 Å². The molecule has 3 aromatic rings. The van der Waals surface area contributed by atoms with Crippen LogP contribution >= 0.6 is 0 Å². The van der Waals surface area contributed by atoms with Crippen molar-refractivity contribution in [3.63, 3.8) is 0 Å². The van der Waals surface area contributed by atoms with Crippen LogP contribution in [0.3, 0.4) is 0 Å². The molecule has 7 nitrogen and oxygen atoms in total. The summed E-state index contributed by atoms with van der Waals surface area (Å²) in [4.78, 5) is 34.7. The van der Waals surface area contributed by atoms with Gasteiger partial charge in [0.15, 0.2) is 17.5 Å². The lowest BCUT2D eigenvalue weighted by atomic mass is 10.1. The molecule has 34 heavy (non-hydrogen) atoms. The van der Waals surface area contributed by atoms with E-state index in [-0.39, 0.29) is 18.1 Å². The molecule has 1 saturated heterocycles. The Kier molecular flexibility index (Phi) is 6.20. The maximum atomic E-state index is 13.4. The van der Waals surface area contributed by atoms with Crippen LogP contribution in [0.4, 0.5) is 18.9 Å². The molecule has 3 heterocycles. The average molecular weight is 469 g/mol. The Bertz CT molecular complexity index is 1300. The fourth-order valence-corrected chi connectivity index (χ4v) is 4.20. The highest BCUT2D eigenvalue weighted by atomic mass is 19.2.